The number of benzene rings is 4. The molecule has 43 heavy (non-hydrogen) atoms. The summed E-state index contributed by atoms with van der Waals surface area (Å²) in [6.07, 6.45) is 14.9. The molecule has 3 nitrogen and oxygen atoms in total. The second-order valence-corrected chi connectivity index (χ2v) is 13.1. The minimum atomic E-state index is -3.72. The summed E-state index contributed by atoms with van der Waals surface area (Å²) in [4.78, 5) is 0.468. The van der Waals surface area contributed by atoms with Crippen LogP contribution in [0.2, 0.25) is 0 Å². The van der Waals surface area contributed by atoms with Crippen molar-refractivity contribution < 1.29 is 12.8 Å². The molecule has 2 aliphatic carbocycles. The molecule has 0 N–H and O–H groups in total. The van der Waals surface area contributed by atoms with Gasteiger partial charge >= 0.3 is 0 Å². The monoisotopic (exact) mass is 580 g/mol. The summed E-state index contributed by atoms with van der Waals surface area (Å²) in [7, 11) is -3.72. The Balaban J connectivity index is 1.47. The van der Waals surface area contributed by atoms with Gasteiger partial charge in [0, 0.05) is 16.3 Å². The number of furan rings is 1. The molecule has 4 heteroatoms. The van der Waals surface area contributed by atoms with E-state index in [9.17, 15) is 8.42 Å². The molecule has 1 aromatic heterocycles. The molecule has 7 rings (SSSR count). The SMILES string of the molecule is C=CC=CC(=CC)S(=O)(=O)c1ccc2oc3c4c(ccc3c2c1)C1(CC(=CC=CCC)c2ccccc21)c1ccccc1-4. The van der Waals surface area contributed by atoms with E-state index in [1.807, 2.05) is 0 Å². The van der Waals surface area contributed by atoms with Gasteiger partial charge in [-0.2, -0.15) is 0 Å². The van der Waals surface area contributed by atoms with Crippen molar-refractivity contribution in [3.05, 3.63) is 155 Å². The minimum absolute atomic E-state index is 0.230. The number of hydrogen-bond donors (Lipinski definition) is 0. The van der Waals surface area contributed by atoms with Gasteiger partial charge in [-0.25, -0.2) is 8.42 Å². The molecular formula is C39H32O3S. The Kier molecular flexibility index (Phi) is 6.48. The highest BCUT2D eigenvalue weighted by Crippen LogP contribution is 2.62. The smallest absolute Gasteiger partial charge is 0.206 e. The molecule has 5 aromatic rings. The van der Waals surface area contributed by atoms with Gasteiger partial charge in [-0.3, -0.25) is 0 Å². The maximum absolute atomic E-state index is 13.5. The third kappa shape index (κ3) is 3.90. The van der Waals surface area contributed by atoms with E-state index in [4.69, 9.17) is 4.42 Å². The third-order valence-corrected chi connectivity index (χ3v) is 10.8. The minimum Gasteiger partial charge on any atom is -0.455 e. The standard InChI is InChI=1S/C39H32O3S/c1-4-7-9-14-26-25-39(33-18-12-10-16-29(26)33)34-19-13-11-17-31(34)37-35(39)22-21-30-32-24-28(20-23-36(32)42-38(30)37)43(40,41)27(6-3)15-8-5-2/h5-24H,2,4,25H2,1,3H3. The zero-order chi connectivity index (χ0) is 29.8. The first-order chi connectivity index (χ1) is 21.0. The van der Waals surface area contributed by atoms with Crippen molar-refractivity contribution in [1.29, 1.82) is 0 Å². The van der Waals surface area contributed by atoms with Crippen LogP contribution in [0.1, 0.15) is 48.9 Å². The lowest BCUT2D eigenvalue weighted by atomic mass is 9.73. The van der Waals surface area contributed by atoms with Crippen LogP contribution in [0.25, 0.3) is 38.6 Å². The summed E-state index contributed by atoms with van der Waals surface area (Å²) < 4.78 is 33.7. The molecule has 0 radical (unpaired) electrons. The quantitative estimate of drug-likeness (QED) is 0.188. The molecule has 1 unspecified atom stereocenters. The summed E-state index contributed by atoms with van der Waals surface area (Å²) >= 11 is 0. The van der Waals surface area contributed by atoms with E-state index in [1.165, 1.54) is 33.4 Å². The number of sulfone groups is 1. The van der Waals surface area contributed by atoms with Crippen molar-refractivity contribution in [2.24, 2.45) is 0 Å². The molecule has 4 aromatic carbocycles. The molecule has 212 valence electrons. The van der Waals surface area contributed by atoms with E-state index in [1.54, 1.807) is 49.4 Å². The lowest BCUT2D eigenvalue weighted by molar-refractivity contribution is 0.603. The molecule has 0 saturated carbocycles. The lowest BCUT2D eigenvalue weighted by Gasteiger charge is -2.28. The van der Waals surface area contributed by atoms with E-state index in [2.05, 4.69) is 92.4 Å². The van der Waals surface area contributed by atoms with Crippen LogP contribution < -0.4 is 0 Å². The Bertz CT molecular complexity index is 2190. The van der Waals surface area contributed by atoms with Crippen LogP contribution in [-0.2, 0) is 15.3 Å². The van der Waals surface area contributed by atoms with Crippen molar-refractivity contribution in [2.75, 3.05) is 0 Å². The number of rotatable bonds is 6. The van der Waals surface area contributed by atoms with Gasteiger partial charge in [0.15, 0.2) is 0 Å². The number of allylic oxidation sites excluding steroid dienone is 8. The van der Waals surface area contributed by atoms with Gasteiger partial charge in [0.1, 0.15) is 11.2 Å². The molecular weight excluding hydrogens is 548 g/mol. The van der Waals surface area contributed by atoms with Gasteiger partial charge in [0.25, 0.3) is 0 Å². The molecule has 0 saturated heterocycles. The molecule has 0 bridgehead atoms. The molecule has 0 aliphatic heterocycles. The zero-order valence-electron chi connectivity index (χ0n) is 24.3. The van der Waals surface area contributed by atoms with Gasteiger partial charge < -0.3 is 4.42 Å². The van der Waals surface area contributed by atoms with Crippen LogP contribution in [0.4, 0.5) is 0 Å². The molecule has 0 amide bonds. The Morgan fingerprint density at radius 3 is 2.40 bits per heavy atom. The molecule has 1 atom stereocenters. The van der Waals surface area contributed by atoms with Crippen molar-refractivity contribution in [3.8, 4) is 11.1 Å². The second kappa shape index (κ2) is 10.3. The molecule has 1 spiro atoms. The predicted octanol–water partition coefficient (Wildman–Crippen LogP) is 10.1. The van der Waals surface area contributed by atoms with Gasteiger partial charge in [0.05, 0.1) is 15.2 Å². The van der Waals surface area contributed by atoms with Crippen molar-refractivity contribution in [2.45, 2.75) is 37.0 Å². The first-order valence-electron chi connectivity index (χ1n) is 14.7. The summed E-state index contributed by atoms with van der Waals surface area (Å²) in [6, 6.07) is 26.9. The van der Waals surface area contributed by atoms with Crippen LogP contribution >= 0.6 is 0 Å². The van der Waals surface area contributed by atoms with Crippen LogP contribution in [0, 0.1) is 0 Å². The predicted molar refractivity (Wildman–Crippen MR) is 178 cm³/mol. The van der Waals surface area contributed by atoms with E-state index < -0.39 is 9.84 Å². The van der Waals surface area contributed by atoms with Crippen LogP contribution in [-0.4, -0.2) is 8.42 Å². The Labute approximate surface area is 252 Å². The van der Waals surface area contributed by atoms with Gasteiger partial charge in [-0.15, -0.1) is 0 Å². The fraction of sp³-hybridized carbons (Fsp3) is 0.128. The van der Waals surface area contributed by atoms with Gasteiger partial charge in [0.2, 0.25) is 9.84 Å². The average Bonchev–Trinajstić information content (AvgIpc) is 3.66. The summed E-state index contributed by atoms with van der Waals surface area (Å²) in [5.41, 5.74) is 9.84. The highest BCUT2D eigenvalue weighted by Gasteiger charge is 2.50. The van der Waals surface area contributed by atoms with Crippen molar-refractivity contribution in [1.82, 2.24) is 0 Å². The summed E-state index contributed by atoms with van der Waals surface area (Å²) in [6.45, 7) is 7.55. The fourth-order valence-electron chi connectivity index (χ4n) is 7.03. The topological polar surface area (TPSA) is 47.3 Å². The molecule has 0 fully saturated rings. The van der Waals surface area contributed by atoms with Gasteiger partial charge in [-0.1, -0.05) is 111 Å². The maximum Gasteiger partial charge on any atom is 0.206 e. The van der Waals surface area contributed by atoms with Crippen LogP contribution in [0.3, 0.4) is 0 Å². The highest BCUT2D eigenvalue weighted by atomic mass is 32.2. The fourth-order valence-corrected chi connectivity index (χ4v) is 8.39. The second-order valence-electron chi connectivity index (χ2n) is 11.1. The van der Waals surface area contributed by atoms with Crippen LogP contribution in [0.15, 0.2) is 142 Å². The largest absolute Gasteiger partial charge is 0.455 e. The van der Waals surface area contributed by atoms with Gasteiger partial charge in [-0.05, 0) is 77.4 Å². The van der Waals surface area contributed by atoms with E-state index >= 15 is 0 Å². The molecule has 2 aliphatic rings. The number of hydrogen-bond acceptors (Lipinski definition) is 3. The first-order valence-corrected chi connectivity index (χ1v) is 16.2. The Morgan fingerprint density at radius 2 is 1.65 bits per heavy atom. The zero-order valence-corrected chi connectivity index (χ0v) is 25.1. The number of fused-ring (bicyclic) bond motifs is 11. The first kappa shape index (κ1) is 27.2. The Morgan fingerprint density at radius 1 is 0.907 bits per heavy atom. The third-order valence-electron chi connectivity index (χ3n) is 8.89. The summed E-state index contributed by atoms with van der Waals surface area (Å²) in [5, 5.41) is 1.70. The highest BCUT2D eigenvalue weighted by molar-refractivity contribution is 7.95. The van der Waals surface area contributed by atoms with E-state index in [0.717, 1.165) is 34.8 Å². The Hall–Kier alpha value is -4.67. The van der Waals surface area contributed by atoms with E-state index in [0.29, 0.717) is 5.58 Å². The van der Waals surface area contributed by atoms with Crippen molar-refractivity contribution >= 4 is 37.3 Å². The molecule has 1 heterocycles. The van der Waals surface area contributed by atoms with E-state index in [-0.39, 0.29) is 15.2 Å². The normalized spacial score (nSPS) is 18.8. The maximum atomic E-state index is 13.5. The average molecular weight is 581 g/mol. The van der Waals surface area contributed by atoms with Crippen LogP contribution in [0.5, 0.6) is 0 Å². The summed E-state index contributed by atoms with van der Waals surface area (Å²) in [5.74, 6) is 0. The van der Waals surface area contributed by atoms with Crippen molar-refractivity contribution in [3.63, 3.8) is 0 Å². The lowest BCUT2D eigenvalue weighted by Crippen LogP contribution is -2.23.